The molecular weight excluding hydrogens is 364 g/mol. The predicted octanol–water partition coefficient (Wildman–Crippen LogP) is 2.66. The molecule has 3 rings (SSSR count). The SMILES string of the molecule is CC(=O)N(CC(=O)N1CCN(Cc2ccccc2)CC1)c1ccc(F)c(F)c1. The van der Waals surface area contributed by atoms with E-state index in [-0.39, 0.29) is 18.1 Å². The summed E-state index contributed by atoms with van der Waals surface area (Å²) >= 11 is 0. The third-order valence-corrected chi connectivity index (χ3v) is 4.86. The van der Waals surface area contributed by atoms with E-state index < -0.39 is 17.5 Å². The van der Waals surface area contributed by atoms with Crippen LogP contribution in [0.5, 0.6) is 0 Å². The van der Waals surface area contributed by atoms with Crippen molar-refractivity contribution in [1.29, 1.82) is 0 Å². The van der Waals surface area contributed by atoms with Crippen LogP contribution in [0.3, 0.4) is 0 Å². The molecule has 2 aromatic rings. The van der Waals surface area contributed by atoms with Crippen LogP contribution in [0, 0.1) is 11.6 Å². The van der Waals surface area contributed by atoms with Gasteiger partial charge in [-0.2, -0.15) is 0 Å². The Labute approximate surface area is 163 Å². The fourth-order valence-electron chi connectivity index (χ4n) is 3.27. The van der Waals surface area contributed by atoms with Crippen molar-refractivity contribution < 1.29 is 18.4 Å². The minimum atomic E-state index is -1.05. The molecule has 0 bridgehead atoms. The standard InChI is InChI=1S/C21H23F2N3O2/c1-16(27)26(18-7-8-19(22)20(23)13-18)15-21(28)25-11-9-24(10-12-25)14-17-5-3-2-4-6-17/h2-8,13H,9-12,14-15H2,1H3. The van der Waals surface area contributed by atoms with Gasteiger partial charge in [0.1, 0.15) is 6.54 Å². The van der Waals surface area contributed by atoms with Crippen LogP contribution in [0.2, 0.25) is 0 Å². The van der Waals surface area contributed by atoms with E-state index in [0.717, 1.165) is 31.8 Å². The van der Waals surface area contributed by atoms with Crippen molar-refractivity contribution in [1.82, 2.24) is 9.80 Å². The van der Waals surface area contributed by atoms with Gasteiger partial charge in [0.15, 0.2) is 11.6 Å². The largest absolute Gasteiger partial charge is 0.339 e. The lowest BCUT2D eigenvalue weighted by Gasteiger charge is -2.35. The fraction of sp³-hybridized carbons (Fsp3) is 0.333. The van der Waals surface area contributed by atoms with E-state index in [2.05, 4.69) is 17.0 Å². The Morgan fingerprint density at radius 2 is 1.64 bits per heavy atom. The average molecular weight is 387 g/mol. The van der Waals surface area contributed by atoms with Crippen molar-refractivity contribution >= 4 is 17.5 Å². The van der Waals surface area contributed by atoms with Crippen LogP contribution in [0.4, 0.5) is 14.5 Å². The fourth-order valence-corrected chi connectivity index (χ4v) is 3.27. The molecule has 1 saturated heterocycles. The van der Waals surface area contributed by atoms with Gasteiger partial charge in [0.25, 0.3) is 0 Å². The number of benzene rings is 2. The number of amides is 2. The number of nitrogens with zero attached hydrogens (tertiary/aromatic N) is 3. The molecule has 0 unspecified atom stereocenters. The maximum atomic E-state index is 13.5. The summed E-state index contributed by atoms with van der Waals surface area (Å²) in [6.45, 7) is 4.55. The molecule has 1 aliphatic heterocycles. The second kappa shape index (κ2) is 8.93. The van der Waals surface area contributed by atoms with Gasteiger partial charge in [-0.3, -0.25) is 14.5 Å². The number of carbonyl (C=O) groups is 2. The lowest BCUT2D eigenvalue weighted by molar-refractivity contribution is -0.132. The van der Waals surface area contributed by atoms with E-state index in [1.807, 2.05) is 18.2 Å². The van der Waals surface area contributed by atoms with E-state index in [0.29, 0.717) is 13.1 Å². The highest BCUT2D eigenvalue weighted by atomic mass is 19.2. The molecule has 7 heteroatoms. The molecule has 0 N–H and O–H groups in total. The number of hydrogen-bond acceptors (Lipinski definition) is 3. The molecule has 0 radical (unpaired) electrons. The van der Waals surface area contributed by atoms with Crippen LogP contribution in [0.1, 0.15) is 12.5 Å². The van der Waals surface area contributed by atoms with Gasteiger partial charge in [-0.05, 0) is 17.7 Å². The van der Waals surface area contributed by atoms with Gasteiger partial charge in [0, 0.05) is 51.4 Å². The van der Waals surface area contributed by atoms with Crippen LogP contribution in [0.15, 0.2) is 48.5 Å². The zero-order chi connectivity index (χ0) is 20.1. The lowest BCUT2D eigenvalue weighted by Crippen LogP contribution is -2.51. The molecule has 1 fully saturated rings. The normalized spacial score (nSPS) is 14.8. The van der Waals surface area contributed by atoms with E-state index in [1.54, 1.807) is 4.90 Å². The third kappa shape index (κ3) is 4.92. The molecule has 0 saturated carbocycles. The zero-order valence-electron chi connectivity index (χ0n) is 15.8. The summed E-state index contributed by atoms with van der Waals surface area (Å²) < 4.78 is 26.7. The highest BCUT2D eigenvalue weighted by molar-refractivity contribution is 5.97. The van der Waals surface area contributed by atoms with Gasteiger partial charge in [-0.1, -0.05) is 30.3 Å². The second-order valence-electron chi connectivity index (χ2n) is 6.85. The first-order chi connectivity index (χ1) is 13.4. The Hall–Kier alpha value is -2.80. The minimum Gasteiger partial charge on any atom is -0.339 e. The van der Waals surface area contributed by atoms with E-state index in [9.17, 15) is 18.4 Å². The van der Waals surface area contributed by atoms with Crippen LogP contribution >= 0.6 is 0 Å². The lowest BCUT2D eigenvalue weighted by atomic mass is 10.2. The summed E-state index contributed by atoms with van der Waals surface area (Å²) in [6.07, 6.45) is 0. The van der Waals surface area contributed by atoms with Crippen LogP contribution in [-0.4, -0.2) is 54.3 Å². The predicted molar refractivity (Wildman–Crippen MR) is 103 cm³/mol. The van der Waals surface area contributed by atoms with Crippen molar-refractivity contribution in [2.75, 3.05) is 37.6 Å². The summed E-state index contributed by atoms with van der Waals surface area (Å²) in [5.41, 5.74) is 1.39. The van der Waals surface area contributed by atoms with Gasteiger partial charge in [0.05, 0.1) is 0 Å². The van der Waals surface area contributed by atoms with Gasteiger partial charge in [-0.25, -0.2) is 8.78 Å². The summed E-state index contributed by atoms with van der Waals surface area (Å²) in [5, 5.41) is 0. The molecule has 28 heavy (non-hydrogen) atoms. The molecule has 1 aliphatic rings. The molecule has 5 nitrogen and oxygen atoms in total. The number of anilines is 1. The summed E-state index contributed by atoms with van der Waals surface area (Å²) in [7, 11) is 0. The van der Waals surface area contributed by atoms with Crippen molar-refractivity contribution in [3.05, 3.63) is 65.7 Å². The number of halogens is 2. The highest BCUT2D eigenvalue weighted by Gasteiger charge is 2.24. The number of rotatable bonds is 5. The molecule has 0 aromatic heterocycles. The molecule has 1 heterocycles. The molecule has 2 amide bonds. The summed E-state index contributed by atoms with van der Waals surface area (Å²) in [5.74, 6) is -2.65. The van der Waals surface area contributed by atoms with Crippen molar-refractivity contribution in [2.45, 2.75) is 13.5 Å². The summed E-state index contributed by atoms with van der Waals surface area (Å²) in [6, 6.07) is 13.3. The van der Waals surface area contributed by atoms with Crippen molar-refractivity contribution in [3.63, 3.8) is 0 Å². The Bertz CT molecular complexity index is 837. The smallest absolute Gasteiger partial charge is 0.242 e. The first kappa shape index (κ1) is 19.9. The molecule has 0 spiro atoms. The maximum Gasteiger partial charge on any atom is 0.242 e. The van der Waals surface area contributed by atoms with Crippen molar-refractivity contribution in [2.24, 2.45) is 0 Å². The third-order valence-electron chi connectivity index (χ3n) is 4.86. The topological polar surface area (TPSA) is 43.9 Å². The van der Waals surface area contributed by atoms with Gasteiger partial charge in [0.2, 0.25) is 11.8 Å². The highest BCUT2D eigenvalue weighted by Crippen LogP contribution is 2.19. The maximum absolute atomic E-state index is 13.5. The second-order valence-corrected chi connectivity index (χ2v) is 6.85. The van der Waals surface area contributed by atoms with E-state index >= 15 is 0 Å². The van der Waals surface area contributed by atoms with E-state index in [1.165, 1.54) is 23.5 Å². The first-order valence-corrected chi connectivity index (χ1v) is 9.21. The Morgan fingerprint density at radius 1 is 0.964 bits per heavy atom. The van der Waals surface area contributed by atoms with Gasteiger partial charge in [-0.15, -0.1) is 0 Å². The Kier molecular flexibility index (Phi) is 6.36. The number of hydrogen-bond donors (Lipinski definition) is 0. The van der Waals surface area contributed by atoms with Crippen LogP contribution < -0.4 is 4.90 Å². The molecule has 148 valence electrons. The van der Waals surface area contributed by atoms with E-state index in [4.69, 9.17) is 0 Å². The van der Waals surface area contributed by atoms with Gasteiger partial charge < -0.3 is 9.80 Å². The summed E-state index contributed by atoms with van der Waals surface area (Å²) in [4.78, 5) is 29.7. The first-order valence-electron chi connectivity index (χ1n) is 9.21. The monoisotopic (exact) mass is 387 g/mol. The van der Waals surface area contributed by atoms with Crippen LogP contribution in [-0.2, 0) is 16.1 Å². The van der Waals surface area contributed by atoms with Crippen molar-refractivity contribution in [3.8, 4) is 0 Å². The number of piperazine rings is 1. The molecule has 2 aromatic carbocycles. The minimum absolute atomic E-state index is 0.169. The quantitative estimate of drug-likeness (QED) is 0.792. The molecule has 0 aliphatic carbocycles. The van der Waals surface area contributed by atoms with Gasteiger partial charge >= 0.3 is 0 Å². The molecular formula is C21H23F2N3O2. The zero-order valence-corrected chi connectivity index (χ0v) is 15.8. The average Bonchev–Trinajstić information content (AvgIpc) is 2.69. The number of carbonyl (C=O) groups excluding carboxylic acids is 2. The Morgan fingerprint density at radius 3 is 2.25 bits per heavy atom. The molecule has 0 atom stereocenters. The van der Waals surface area contributed by atoms with Crippen LogP contribution in [0.25, 0.3) is 0 Å². The Balaban J connectivity index is 1.57.